The summed E-state index contributed by atoms with van der Waals surface area (Å²) in [6.07, 6.45) is -0.733. The Morgan fingerprint density at radius 1 is 1.44 bits per heavy atom. The minimum Gasteiger partial charge on any atom is -0.492 e. The third kappa shape index (κ3) is 2.19. The Morgan fingerprint density at radius 3 is 2.69 bits per heavy atom. The summed E-state index contributed by atoms with van der Waals surface area (Å²) >= 11 is 0. The third-order valence-corrected chi connectivity index (χ3v) is 2.11. The zero-order valence-corrected chi connectivity index (χ0v) is 8.33. The average Bonchev–Trinajstić information content (AvgIpc) is 2.83. The van der Waals surface area contributed by atoms with Gasteiger partial charge in [-0.25, -0.2) is 4.79 Å². The molecule has 2 rings (SSSR count). The molecule has 2 N–H and O–H groups in total. The minimum absolute atomic E-state index is 0.332. The molecule has 1 aromatic heterocycles. The van der Waals surface area contributed by atoms with E-state index in [0.717, 1.165) is 0 Å². The molecule has 1 aliphatic heterocycles. The molecular formula is C9H11NO6. The maximum absolute atomic E-state index is 11.2. The van der Waals surface area contributed by atoms with E-state index < -0.39 is 17.9 Å². The fraction of sp³-hybridized carbons (Fsp3) is 0.444. The van der Waals surface area contributed by atoms with Gasteiger partial charge in [0.2, 0.25) is 11.8 Å². The number of carbonyl (C=O) groups excluding carboxylic acids is 1. The monoisotopic (exact) mass is 229 g/mol. The van der Waals surface area contributed by atoms with Crippen molar-refractivity contribution in [3.63, 3.8) is 0 Å². The molecule has 0 saturated carbocycles. The minimum atomic E-state index is -1.00. The van der Waals surface area contributed by atoms with Gasteiger partial charge in [-0.15, -0.1) is 4.73 Å². The molecule has 1 aromatic rings. The standard InChI is InChI=1S/C9H11NO6/c11-7-1-2-8(12)10(7)16-9(13)15-6-3-4-14-5-6/h1-2,6,11-12H,3-5H2/t6-/m1/s1. The molecular weight excluding hydrogens is 218 g/mol. The van der Waals surface area contributed by atoms with Gasteiger partial charge in [-0.2, -0.15) is 0 Å². The topological polar surface area (TPSA) is 90.2 Å². The number of aromatic nitrogens is 1. The number of hydrogen-bond donors (Lipinski definition) is 2. The van der Waals surface area contributed by atoms with Crippen LogP contribution in [0.2, 0.25) is 0 Å². The summed E-state index contributed by atoms with van der Waals surface area (Å²) in [5, 5.41) is 18.4. The first-order chi connectivity index (χ1) is 7.66. The van der Waals surface area contributed by atoms with Crippen molar-refractivity contribution in [3.8, 4) is 11.8 Å². The normalized spacial score (nSPS) is 19.6. The van der Waals surface area contributed by atoms with Gasteiger partial charge in [0, 0.05) is 18.6 Å². The van der Waals surface area contributed by atoms with Crippen molar-refractivity contribution in [3.05, 3.63) is 12.1 Å². The maximum atomic E-state index is 11.2. The maximum Gasteiger partial charge on any atom is 0.534 e. The summed E-state index contributed by atoms with van der Waals surface area (Å²) in [6.45, 7) is 0.872. The number of ether oxygens (including phenoxy) is 2. The van der Waals surface area contributed by atoms with Crippen LogP contribution in [-0.2, 0) is 9.47 Å². The lowest BCUT2D eigenvalue weighted by Crippen LogP contribution is -2.25. The molecule has 0 bridgehead atoms. The van der Waals surface area contributed by atoms with Crippen molar-refractivity contribution >= 4 is 6.16 Å². The Kier molecular flexibility index (Phi) is 2.86. The Labute approximate surface area is 90.7 Å². The van der Waals surface area contributed by atoms with Gasteiger partial charge in [0.05, 0.1) is 13.2 Å². The van der Waals surface area contributed by atoms with Crippen LogP contribution in [0, 0.1) is 0 Å². The van der Waals surface area contributed by atoms with Crippen LogP contribution in [-0.4, -0.2) is 40.4 Å². The fourth-order valence-corrected chi connectivity index (χ4v) is 1.33. The van der Waals surface area contributed by atoms with Crippen molar-refractivity contribution in [1.82, 2.24) is 4.73 Å². The lowest BCUT2D eigenvalue weighted by atomic mass is 10.3. The van der Waals surface area contributed by atoms with Crippen molar-refractivity contribution in [2.45, 2.75) is 12.5 Å². The molecule has 0 unspecified atom stereocenters. The van der Waals surface area contributed by atoms with Gasteiger partial charge in [0.25, 0.3) is 0 Å². The number of rotatable bonds is 2. The van der Waals surface area contributed by atoms with Gasteiger partial charge in [-0.05, 0) is 0 Å². The molecule has 0 aromatic carbocycles. The van der Waals surface area contributed by atoms with Crippen molar-refractivity contribution in [1.29, 1.82) is 0 Å². The van der Waals surface area contributed by atoms with E-state index in [0.29, 0.717) is 24.4 Å². The summed E-state index contributed by atoms with van der Waals surface area (Å²) in [7, 11) is 0. The van der Waals surface area contributed by atoms with Crippen LogP contribution in [0.15, 0.2) is 12.1 Å². The largest absolute Gasteiger partial charge is 0.534 e. The van der Waals surface area contributed by atoms with Gasteiger partial charge in [0.1, 0.15) is 6.10 Å². The van der Waals surface area contributed by atoms with E-state index in [1.807, 2.05) is 0 Å². The molecule has 1 saturated heterocycles. The predicted octanol–water partition coefficient (Wildman–Crippen LogP) is 0.253. The lowest BCUT2D eigenvalue weighted by Gasteiger charge is -2.10. The molecule has 88 valence electrons. The van der Waals surface area contributed by atoms with E-state index in [9.17, 15) is 15.0 Å². The number of carbonyl (C=O) groups is 1. The van der Waals surface area contributed by atoms with Gasteiger partial charge < -0.3 is 19.7 Å². The number of hydrogen-bond acceptors (Lipinski definition) is 6. The second-order valence-electron chi connectivity index (χ2n) is 3.29. The molecule has 16 heavy (non-hydrogen) atoms. The van der Waals surface area contributed by atoms with E-state index >= 15 is 0 Å². The molecule has 0 radical (unpaired) electrons. The lowest BCUT2D eigenvalue weighted by molar-refractivity contribution is 0.00651. The summed E-state index contributed by atoms with van der Waals surface area (Å²) < 4.78 is 10.4. The van der Waals surface area contributed by atoms with Crippen LogP contribution in [0.4, 0.5) is 4.79 Å². The van der Waals surface area contributed by atoms with Crippen molar-refractivity contribution < 1.29 is 29.3 Å². The average molecular weight is 229 g/mol. The molecule has 0 spiro atoms. The SMILES string of the molecule is O=C(O[C@@H]1CCOC1)On1c(O)ccc1O. The highest BCUT2D eigenvalue weighted by molar-refractivity contribution is 5.61. The molecule has 1 fully saturated rings. The molecule has 0 aliphatic carbocycles. The van der Waals surface area contributed by atoms with Gasteiger partial charge in [0.15, 0.2) is 0 Å². The van der Waals surface area contributed by atoms with Crippen LogP contribution in [0.1, 0.15) is 6.42 Å². The van der Waals surface area contributed by atoms with Crippen molar-refractivity contribution in [2.75, 3.05) is 13.2 Å². The Morgan fingerprint density at radius 2 is 2.12 bits per heavy atom. The molecule has 7 nitrogen and oxygen atoms in total. The third-order valence-electron chi connectivity index (χ3n) is 2.11. The fourth-order valence-electron chi connectivity index (χ4n) is 1.33. The Hall–Kier alpha value is -1.89. The van der Waals surface area contributed by atoms with Crippen LogP contribution in [0.5, 0.6) is 11.8 Å². The van der Waals surface area contributed by atoms with Gasteiger partial charge in [-0.1, -0.05) is 0 Å². The van der Waals surface area contributed by atoms with E-state index in [4.69, 9.17) is 9.47 Å². The summed E-state index contributed by atoms with van der Waals surface area (Å²) in [6, 6.07) is 2.36. The summed E-state index contributed by atoms with van der Waals surface area (Å²) in [4.78, 5) is 15.8. The van der Waals surface area contributed by atoms with Crippen LogP contribution in [0.3, 0.4) is 0 Å². The molecule has 1 aliphatic rings. The molecule has 1 atom stereocenters. The second-order valence-corrected chi connectivity index (χ2v) is 3.29. The first-order valence-corrected chi connectivity index (χ1v) is 4.73. The number of aromatic hydroxyl groups is 2. The molecule has 7 heteroatoms. The van der Waals surface area contributed by atoms with Crippen LogP contribution in [0.25, 0.3) is 0 Å². The predicted molar refractivity (Wildman–Crippen MR) is 50.0 cm³/mol. The number of nitrogens with zero attached hydrogens (tertiary/aromatic N) is 1. The summed E-state index contributed by atoms with van der Waals surface area (Å²) in [5.41, 5.74) is 0. The molecule has 0 amide bonds. The summed E-state index contributed by atoms with van der Waals surface area (Å²) in [5.74, 6) is -0.783. The zero-order chi connectivity index (χ0) is 11.5. The first-order valence-electron chi connectivity index (χ1n) is 4.73. The Bertz CT molecular complexity index is 362. The Balaban J connectivity index is 1.91. The highest BCUT2D eigenvalue weighted by Crippen LogP contribution is 2.19. The van der Waals surface area contributed by atoms with Gasteiger partial charge in [-0.3, -0.25) is 4.84 Å². The van der Waals surface area contributed by atoms with E-state index in [1.165, 1.54) is 12.1 Å². The van der Waals surface area contributed by atoms with Gasteiger partial charge >= 0.3 is 6.16 Å². The highest BCUT2D eigenvalue weighted by Gasteiger charge is 2.22. The van der Waals surface area contributed by atoms with Crippen LogP contribution < -0.4 is 4.84 Å². The van der Waals surface area contributed by atoms with E-state index in [1.54, 1.807) is 0 Å². The smallest absolute Gasteiger partial charge is 0.492 e. The zero-order valence-electron chi connectivity index (χ0n) is 8.33. The highest BCUT2D eigenvalue weighted by atomic mass is 16.8. The van der Waals surface area contributed by atoms with Crippen LogP contribution >= 0.6 is 0 Å². The molecule has 2 heterocycles. The van der Waals surface area contributed by atoms with E-state index in [2.05, 4.69) is 4.84 Å². The second kappa shape index (κ2) is 4.31. The van der Waals surface area contributed by atoms with Crippen molar-refractivity contribution in [2.24, 2.45) is 0 Å². The first kappa shape index (κ1) is 10.6. The van der Waals surface area contributed by atoms with E-state index in [-0.39, 0.29) is 6.10 Å². The quantitative estimate of drug-likeness (QED) is 0.706.